The van der Waals surface area contributed by atoms with Gasteiger partial charge in [0.1, 0.15) is 19.6 Å². The minimum absolute atomic E-state index is 0.346. The topological polar surface area (TPSA) is 157 Å². The van der Waals surface area contributed by atoms with Gasteiger partial charge in [0, 0.05) is 0 Å². The van der Waals surface area contributed by atoms with Crippen molar-refractivity contribution in [2.24, 2.45) is 0 Å². The fraction of sp³-hybridized carbons (Fsp3) is 0.600. The molecule has 1 unspecified atom stereocenters. The number of carbonyl (C=O) groups is 2. The van der Waals surface area contributed by atoms with Crippen LogP contribution in [0.4, 0.5) is 0 Å². The second-order valence-electron chi connectivity index (χ2n) is 2.62. The van der Waals surface area contributed by atoms with Crippen LogP contribution in [0.5, 0.6) is 0 Å². The highest BCUT2D eigenvalue weighted by molar-refractivity contribution is 7.51. The van der Waals surface area contributed by atoms with E-state index in [9.17, 15) is 24.2 Å². The molecule has 0 radical (unpaired) electrons. The van der Waals surface area contributed by atoms with Gasteiger partial charge < -0.3 is 35.3 Å². The molecule has 0 bridgehead atoms. The third kappa shape index (κ3) is 6.55. The maximum atomic E-state index is 10.7. The van der Waals surface area contributed by atoms with Crippen LogP contribution in [0.25, 0.3) is 0 Å². The van der Waals surface area contributed by atoms with E-state index >= 15 is 0 Å². The molecular formula is C5H10N2O6P-. The lowest BCUT2D eigenvalue weighted by molar-refractivity contribution is -0.435. The molecule has 14 heavy (non-hydrogen) atoms. The van der Waals surface area contributed by atoms with Crippen LogP contribution < -0.4 is 21.1 Å². The molecule has 82 valence electrons. The molecule has 5 N–H and O–H groups in total. The zero-order valence-corrected chi connectivity index (χ0v) is 8.03. The van der Waals surface area contributed by atoms with Gasteiger partial charge >= 0.3 is 0 Å². The average Bonchev–Trinajstić information content (AvgIpc) is 1.96. The number of carbonyl (C=O) groups excluding carboxylic acids is 2. The summed E-state index contributed by atoms with van der Waals surface area (Å²) >= 11 is 0. The SMILES string of the molecule is [NH3+][C@@H](CNC(=O)CP(=O)([O-])O)C(=O)[O-]. The molecule has 2 atom stereocenters. The van der Waals surface area contributed by atoms with Crippen molar-refractivity contribution in [2.45, 2.75) is 6.04 Å². The van der Waals surface area contributed by atoms with Gasteiger partial charge in [0.15, 0.2) is 0 Å². The van der Waals surface area contributed by atoms with E-state index in [1.54, 1.807) is 0 Å². The molecule has 0 saturated carbocycles. The Bertz CT molecular complexity index is 273. The average molecular weight is 225 g/mol. The van der Waals surface area contributed by atoms with E-state index in [0.29, 0.717) is 0 Å². The van der Waals surface area contributed by atoms with Crippen LogP contribution in [0, 0.1) is 0 Å². The Balaban J connectivity index is 3.87. The van der Waals surface area contributed by atoms with Gasteiger partial charge in [0.05, 0.1) is 12.7 Å². The second kappa shape index (κ2) is 5.06. The fourth-order valence-corrected chi connectivity index (χ4v) is 1.03. The normalized spacial score (nSPS) is 16.8. The van der Waals surface area contributed by atoms with Gasteiger partial charge in [-0.05, 0) is 0 Å². The highest BCUT2D eigenvalue weighted by Gasteiger charge is 2.13. The van der Waals surface area contributed by atoms with Crippen LogP contribution in [0.15, 0.2) is 0 Å². The van der Waals surface area contributed by atoms with Crippen molar-refractivity contribution in [2.75, 3.05) is 12.7 Å². The van der Waals surface area contributed by atoms with Gasteiger partial charge in [-0.2, -0.15) is 0 Å². The smallest absolute Gasteiger partial charge is 0.228 e. The zero-order valence-electron chi connectivity index (χ0n) is 7.13. The molecular weight excluding hydrogens is 215 g/mol. The summed E-state index contributed by atoms with van der Waals surface area (Å²) in [6.45, 7) is -0.346. The number of aliphatic carboxylic acids is 1. The summed E-state index contributed by atoms with van der Waals surface area (Å²) in [5.41, 5.74) is 3.12. The number of nitrogens with one attached hydrogen (secondary N) is 1. The fourth-order valence-electron chi connectivity index (χ4n) is 0.558. The Morgan fingerprint density at radius 1 is 1.57 bits per heavy atom. The number of hydrogen-bond acceptors (Lipinski definition) is 5. The van der Waals surface area contributed by atoms with Gasteiger partial charge in [0.2, 0.25) is 5.91 Å². The van der Waals surface area contributed by atoms with Crippen LogP contribution in [-0.2, 0) is 14.2 Å². The zero-order chi connectivity index (χ0) is 11.4. The van der Waals surface area contributed by atoms with Crippen molar-refractivity contribution in [1.82, 2.24) is 5.32 Å². The van der Waals surface area contributed by atoms with E-state index in [1.807, 2.05) is 5.32 Å². The summed E-state index contributed by atoms with van der Waals surface area (Å²) in [4.78, 5) is 39.3. The first-order chi connectivity index (χ1) is 6.22. The lowest BCUT2D eigenvalue weighted by Crippen LogP contribution is -2.72. The van der Waals surface area contributed by atoms with Crippen molar-refractivity contribution in [3.05, 3.63) is 0 Å². The van der Waals surface area contributed by atoms with Crippen LogP contribution in [0.3, 0.4) is 0 Å². The Labute approximate surface area is 79.3 Å². The molecule has 0 fully saturated rings. The van der Waals surface area contributed by atoms with Crippen molar-refractivity contribution < 1.29 is 34.8 Å². The van der Waals surface area contributed by atoms with E-state index in [-0.39, 0.29) is 6.54 Å². The first-order valence-corrected chi connectivity index (χ1v) is 5.32. The first-order valence-electron chi connectivity index (χ1n) is 3.56. The Kier molecular flexibility index (Phi) is 4.72. The van der Waals surface area contributed by atoms with Gasteiger partial charge in [-0.25, -0.2) is 0 Å². The Morgan fingerprint density at radius 3 is 2.43 bits per heavy atom. The largest absolute Gasteiger partial charge is 0.778 e. The lowest BCUT2D eigenvalue weighted by atomic mass is 10.3. The monoisotopic (exact) mass is 225 g/mol. The van der Waals surface area contributed by atoms with Crippen molar-refractivity contribution in [1.29, 1.82) is 0 Å². The molecule has 0 spiro atoms. The quantitative estimate of drug-likeness (QED) is 0.397. The standard InChI is InChI=1S/C5H11N2O6P/c6-3(5(9)10)1-7-4(8)2-14(11,12)13/h3H,1-2,6H2,(H,7,8)(H,9,10)(H2,11,12,13)/p-1/t3-/m0/s1. The number of carboxylic acids is 1. The third-order valence-electron chi connectivity index (χ3n) is 1.22. The molecule has 0 heterocycles. The van der Waals surface area contributed by atoms with E-state index < -0.39 is 31.7 Å². The number of hydrogen-bond donors (Lipinski definition) is 3. The molecule has 0 rings (SSSR count). The molecule has 0 aromatic carbocycles. The highest BCUT2D eigenvalue weighted by atomic mass is 31.2. The van der Waals surface area contributed by atoms with E-state index in [2.05, 4.69) is 5.73 Å². The molecule has 1 amide bonds. The summed E-state index contributed by atoms with van der Waals surface area (Å²) in [6.07, 6.45) is -1.08. The predicted molar refractivity (Wildman–Crippen MR) is 39.4 cm³/mol. The first kappa shape index (κ1) is 13.1. The highest BCUT2D eigenvalue weighted by Crippen LogP contribution is 2.27. The van der Waals surface area contributed by atoms with Crippen molar-refractivity contribution in [3.8, 4) is 0 Å². The van der Waals surface area contributed by atoms with Crippen LogP contribution in [-0.4, -0.2) is 35.5 Å². The molecule has 0 aliphatic rings. The van der Waals surface area contributed by atoms with Crippen LogP contribution >= 0.6 is 7.60 Å². The minimum atomic E-state index is -4.65. The molecule has 0 aliphatic carbocycles. The second-order valence-corrected chi connectivity index (χ2v) is 4.21. The summed E-state index contributed by atoms with van der Waals surface area (Å²) in [5, 5.41) is 12.1. The summed E-state index contributed by atoms with van der Waals surface area (Å²) in [5.74, 6) is -2.44. The van der Waals surface area contributed by atoms with Crippen LogP contribution in [0.2, 0.25) is 0 Å². The van der Waals surface area contributed by atoms with Gasteiger partial charge in [-0.1, -0.05) is 0 Å². The minimum Gasteiger partial charge on any atom is -0.778 e. The third-order valence-corrected chi connectivity index (χ3v) is 1.91. The maximum absolute atomic E-state index is 10.7. The molecule has 9 heteroatoms. The molecule has 0 aromatic heterocycles. The van der Waals surface area contributed by atoms with Gasteiger partial charge in [-0.3, -0.25) is 4.79 Å². The molecule has 0 aromatic rings. The molecule has 0 saturated heterocycles. The molecule has 0 aliphatic heterocycles. The number of quaternary nitrogens is 1. The molecule has 8 nitrogen and oxygen atoms in total. The van der Waals surface area contributed by atoms with E-state index in [0.717, 1.165) is 0 Å². The van der Waals surface area contributed by atoms with Crippen molar-refractivity contribution >= 4 is 19.5 Å². The summed E-state index contributed by atoms with van der Waals surface area (Å²) in [6, 6.07) is -1.16. The summed E-state index contributed by atoms with van der Waals surface area (Å²) < 4.78 is 10.2. The van der Waals surface area contributed by atoms with Gasteiger partial charge in [0.25, 0.3) is 0 Å². The number of rotatable bonds is 5. The van der Waals surface area contributed by atoms with E-state index in [1.165, 1.54) is 0 Å². The predicted octanol–water partition coefficient (Wildman–Crippen LogP) is -4.99. The van der Waals surface area contributed by atoms with Crippen molar-refractivity contribution in [3.63, 3.8) is 0 Å². The Hall–Kier alpha value is -0.950. The Morgan fingerprint density at radius 2 is 2.07 bits per heavy atom. The van der Waals surface area contributed by atoms with E-state index in [4.69, 9.17) is 4.89 Å². The van der Waals surface area contributed by atoms with Gasteiger partial charge in [-0.15, -0.1) is 0 Å². The van der Waals surface area contributed by atoms with Crippen LogP contribution in [0.1, 0.15) is 0 Å². The maximum Gasteiger partial charge on any atom is 0.228 e. The lowest BCUT2D eigenvalue weighted by Gasteiger charge is -2.15. The number of carboxylic acid groups (broad SMARTS) is 1. The number of amides is 1. The summed E-state index contributed by atoms with van der Waals surface area (Å²) in [7, 11) is -4.65.